The molecule has 1 saturated heterocycles. The molecule has 6 nitrogen and oxygen atoms in total. The van der Waals surface area contributed by atoms with Gasteiger partial charge in [0.05, 0.1) is 31.0 Å². The first-order valence-electron chi connectivity index (χ1n) is 11.5. The first kappa shape index (κ1) is 23.9. The standard InChI is InChI=1S/C25H37NO5/c1-18-15-26(16-19(2)31-18)25-21(12-8-3-4-9-13-24(28)29)23(14-22(25)27)30-17-20-10-6-5-7-11-20/h3,5-8,10-11,18-19,21-23,25,27H,4,9,12-17H2,1-2H3,(H,28,29)/b8-3-/t18-,19-,21-,22+,23-,25+/m0/s1. The van der Waals surface area contributed by atoms with Crippen molar-refractivity contribution in [2.45, 2.75) is 83.0 Å². The molecule has 0 aromatic heterocycles. The fourth-order valence-corrected chi connectivity index (χ4v) is 5.04. The second kappa shape index (κ2) is 11.8. The third kappa shape index (κ3) is 7.14. The lowest BCUT2D eigenvalue weighted by molar-refractivity contribution is -0.137. The monoisotopic (exact) mass is 431 g/mol. The molecule has 1 aromatic carbocycles. The first-order chi connectivity index (χ1) is 14.9. The summed E-state index contributed by atoms with van der Waals surface area (Å²) >= 11 is 0. The number of unbranched alkanes of at least 4 members (excludes halogenated alkanes) is 1. The van der Waals surface area contributed by atoms with Gasteiger partial charge in [-0.3, -0.25) is 9.69 Å². The number of hydrogen-bond donors (Lipinski definition) is 2. The quantitative estimate of drug-likeness (QED) is 0.435. The van der Waals surface area contributed by atoms with E-state index in [-0.39, 0.29) is 36.7 Å². The largest absolute Gasteiger partial charge is 0.481 e. The molecule has 2 aliphatic rings. The van der Waals surface area contributed by atoms with E-state index in [1.807, 2.05) is 18.2 Å². The molecule has 0 radical (unpaired) electrons. The van der Waals surface area contributed by atoms with Crippen molar-refractivity contribution in [3.63, 3.8) is 0 Å². The van der Waals surface area contributed by atoms with Crippen LogP contribution in [0.5, 0.6) is 0 Å². The SMILES string of the molecule is C[C@H]1CN([C@@H]2[C@@H](C/C=C\CCCC(=O)O)[C@@H](OCc3ccccc3)C[C@H]2O)C[C@H](C)O1. The molecular formula is C25H37NO5. The Bertz CT molecular complexity index is 699. The predicted molar refractivity (Wildman–Crippen MR) is 120 cm³/mol. The minimum absolute atomic E-state index is 0.0164. The summed E-state index contributed by atoms with van der Waals surface area (Å²) in [5, 5.41) is 19.8. The number of aliphatic carboxylic acids is 1. The van der Waals surface area contributed by atoms with E-state index < -0.39 is 12.1 Å². The fourth-order valence-electron chi connectivity index (χ4n) is 5.04. The molecule has 2 N–H and O–H groups in total. The predicted octanol–water partition coefficient (Wildman–Crippen LogP) is 3.63. The van der Waals surface area contributed by atoms with Crippen LogP contribution in [0.2, 0.25) is 0 Å². The molecule has 1 heterocycles. The zero-order chi connectivity index (χ0) is 22.2. The topological polar surface area (TPSA) is 79.2 Å². The van der Waals surface area contributed by atoms with Crippen LogP contribution in [-0.2, 0) is 20.9 Å². The first-order valence-corrected chi connectivity index (χ1v) is 11.5. The molecule has 0 amide bonds. The van der Waals surface area contributed by atoms with Gasteiger partial charge >= 0.3 is 5.97 Å². The zero-order valence-electron chi connectivity index (χ0n) is 18.7. The van der Waals surface area contributed by atoms with E-state index in [2.05, 4.69) is 43.0 Å². The Morgan fingerprint density at radius 1 is 1.19 bits per heavy atom. The maximum atomic E-state index is 11.0. The van der Waals surface area contributed by atoms with E-state index in [9.17, 15) is 9.90 Å². The lowest BCUT2D eigenvalue weighted by atomic mass is 9.94. The van der Waals surface area contributed by atoms with Gasteiger partial charge in [-0.2, -0.15) is 0 Å². The summed E-state index contributed by atoms with van der Waals surface area (Å²) in [6, 6.07) is 10.2. The maximum absolute atomic E-state index is 11.0. The average Bonchev–Trinajstić information content (AvgIpc) is 3.04. The zero-order valence-corrected chi connectivity index (χ0v) is 18.7. The van der Waals surface area contributed by atoms with Gasteiger partial charge in [0.2, 0.25) is 0 Å². The summed E-state index contributed by atoms with van der Waals surface area (Å²) < 4.78 is 12.2. The molecule has 1 aliphatic heterocycles. The van der Waals surface area contributed by atoms with Gasteiger partial charge in [0.25, 0.3) is 0 Å². The minimum Gasteiger partial charge on any atom is -0.481 e. The Kier molecular flexibility index (Phi) is 9.08. The number of carboxylic acids is 1. The highest BCUT2D eigenvalue weighted by Crippen LogP contribution is 2.37. The van der Waals surface area contributed by atoms with E-state index in [0.29, 0.717) is 19.4 Å². The van der Waals surface area contributed by atoms with Gasteiger partial charge in [-0.15, -0.1) is 0 Å². The second-order valence-electron chi connectivity index (χ2n) is 9.00. The number of aliphatic hydroxyl groups is 1. The molecule has 3 rings (SSSR count). The Balaban J connectivity index is 1.66. The van der Waals surface area contributed by atoms with Crippen molar-refractivity contribution in [2.24, 2.45) is 5.92 Å². The highest BCUT2D eigenvalue weighted by Gasteiger charge is 2.46. The van der Waals surface area contributed by atoms with Crippen molar-refractivity contribution in [3.8, 4) is 0 Å². The molecule has 1 aliphatic carbocycles. The Morgan fingerprint density at radius 2 is 1.90 bits per heavy atom. The van der Waals surface area contributed by atoms with Gasteiger partial charge in [0, 0.05) is 37.9 Å². The van der Waals surface area contributed by atoms with Gasteiger partial charge in [0.1, 0.15) is 0 Å². The summed E-state index contributed by atoms with van der Waals surface area (Å²) in [6.45, 7) is 6.35. The average molecular weight is 432 g/mol. The number of allylic oxidation sites excluding steroid dienone is 2. The molecule has 31 heavy (non-hydrogen) atoms. The summed E-state index contributed by atoms with van der Waals surface area (Å²) in [5.74, 6) is -0.566. The number of carbonyl (C=O) groups is 1. The van der Waals surface area contributed by atoms with Crippen LogP contribution in [-0.4, -0.2) is 64.6 Å². The van der Waals surface area contributed by atoms with E-state index >= 15 is 0 Å². The molecule has 6 atom stereocenters. The fraction of sp³-hybridized carbons (Fsp3) is 0.640. The van der Waals surface area contributed by atoms with E-state index in [1.165, 1.54) is 0 Å². The molecule has 2 fully saturated rings. The van der Waals surface area contributed by atoms with Crippen LogP contribution in [0.25, 0.3) is 0 Å². The number of benzene rings is 1. The van der Waals surface area contributed by atoms with Crippen molar-refractivity contribution >= 4 is 5.97 Å². The van der Waals surface area contributed by atoms with Crippen molar-refractivity contribution < 1.29 is 24.5 Å². The van der Waals surface area contributed by atoms with Crippen LogP contribution in [0.15, 0.2) is 42.5 Å². The van der Waals surface area contributed by atoms with Crippen LogP contribution >= 0.6 is 0 Å². The maximum Gasteiger partial charge on any atom is 0.303 e. The Morgan fingerprint density at radius 3 is 2.58 bits per heavy atom. The van der Waals surface area contributed by atoms with Crippen LogP contribution < -0.4 is 0 Å². The van der Waals surface area contributed by atoms with Gasteiger partial charge in [-0.05, 0) is 38.7 Å². The minimum atomic E-state index is -0.752. The summed E-state index contributed by atoms with van der Waals surface area (Å²) in [4.78, 5) is 13.1. The van der Waals surface area contributed by atoms with Crippen LogP contribution in [0.1, 0.15) is 51.5 Å². The highest BCUT2D eigenvalue weighted by atomic mass is 16.5. The smallest absolute Gasteiger partial charge is 0.303 e. The molecule has 6 heteroatoms. The molecule has 1 aromatic rings. The molecular weight excluding hydrogens is 394 g/mol. The van der Waals surface area contributed by atoms with E-state index in [0.717, 1.165) is 31.5 Å². The van der Waals surface area contributed by atoms with Crippen LogP contribution in [0, 0.1) is 5.92 Å². The number of aliphatic hydroxyl groups excluding tert-OH is 1. The van der Waals surface area contributed by atoms with Crippen molar-refractivity contribution in [3.05, 3.63) is 48.0 Å². The molecule has 0 spiro atoms. The number of hydrogen-bond acceptors (Lipinski definition) is 5. The molecule has 1 saturated carbocycles. The van der Waals surface area contributed by atoms with Crippen LogP contribution in [0.4, 0.5) is 0 Å². The Hall–Kier alpha value is -1.73. The summed E-state index contributed by atoms with van der Waals surface area (Å²) in [6.07, 6.45) is 7.11. The lowest BCUT2D eigenvalue weighted by Crippen LogP contribution is -2.54. The van der Waals surface area contributed by atoms with Gasteiger partial charge in [-0.25, -0.2) is 0 Å². The third-order valence-electron chi connectivity index (χ3n) is 6.30. The second-order valence-corrected chi connectivity index (χ2v) is 9.00. The highest BCUT2D eigenvalue weighted by molar-refractivity contribution is 5.66. The van der Waals surface area contributed by atoms with Crippen molar-refractivity contribution in [1.29, 1.82) is 0 Å². The van der Waals surface area contributed by atoms with E-state index in [1.54, 1.807) is 0 Å². The number of ether oxygens (including phenoxy) is 2. The van der Waals surface area contributed by atoms with Crippen molar-refractivity contribution in [2.75, 3.05) is 13.1 Å². The molecule has 172 valence electrons. The third-order valence-corrected chi connectivity index (χ3v) is 6.30. The van der Waals surface area contributed by atoms with Gasteiger partial charge < -0.3 is 19.7 Å². The number of carboxylic acid groups (broad SMARTS) is 1. The molecule has 0 unspecified atom stereocenters. The van der Waals surface area contributed by atoms with E-state index in [4.69, 9.17) is 14.6 Å². The lowest BCUT2D eigenvalue weighted by Gasteiger charge is -2.42. The summed E-state index contributed by atoms with van der Waals surface area (Å²) in [5.41, 5.74) is 1.14. The van der Waals surface area contributed by atoms with Gasteiger partial charge in [0.15, 0.2) is 0 Å². The Labute approximate surface area is 185 Å². The number of morpholine rings is 1. The van der Waals surface area contributed by atoms with Gasteiger partial charge in [-0.1, -0.05) is 42.5 Å². The summed E-state index contributed by atoms with van der Waals surface area (Å²) in [7, 11) is 0. The molecule has 0 bridgehead atoms. The van der Waals surface area contributed by atoms with Crippen LogP contribution in [0.3, 0.4) is 0 Å². The van der Waals surface area contributed by atoms with Crippen molar-refractivity contribution in [1.82, 2.24) is 4.90 Å². The number of nitrogens with zero attached hydrogens (tertiary/aromatic N) is 1. The normalized spacial score (nSPS) is 32.0. The number of rotatable bonds is 10.